The lowest BCUT2D eigenvalue weighted by Crippen LogP contribution is -2.37. The third-order valence-corrected chi connectivity index (χ3v) is 8.48. The van der Waals surface area contributed by atoms with Crippen molar-refractivity contribution < 1.29 is 23.7 Å². The van der Waals surface area contributed by atoms with Crippen LogP contribution >= 0.6 is 0 Å². The van der Waals surface area contributed by atoms with Crippen molar-refractivity contribution in [3.05, 3.63) is 0 Å². The maximum absolute atomic E-state index is 6.48. The minimum atomic E-state index is -0.520. The molecule has 0 aromatic heterocycles. The van der Waals surface area contributed by atoms with Crippen LogP contribution in [0, 0.1) is 12.3 Å². The van der Waals surface area contributed by atoms with E-state index in [1.807, 2.05) is 13.8 Å². The first-order valence-corrected chi connectivity index (χ1v) is 16.2. The maximum atomic E-state index is 6.48. The van der Waals surface area contributed by atoms with Crippen LogP contribution in [0.2, 0.25) is 0 Å². The molecule has 0 aromatic carbocycles. The van der Waals surface area contributed by atoms with Gasteiger partial charge in [-0.15, -0.1) is 6.42 Å². The summed E-state index contributed by atoms with van der Waals surface area (Å²) in [7, 11) is 0. The van der Waals surface area contributed by atoms with E-state index in [2.05, 4.69) is 12.8 Å². The van der Waals surface area contributed by atoms with Crippen molar-refractivity contribution in [3.63, 3.8) is 0 Å². The van der Waals surface area contributed by atoms with E-state index in [9.17, 15) is 0 Å². The van der Waals surface area contributed by atoms with Crippen LogP contribution in [0.1, 0.15) is 149 Å². The SMILES string of the molecule is C#C[C@H]1CC[C@H]([C@@H](CC[C@H]2OC(C)(C)O[C@@H]2CCCCCCCCCCCCCC)OC2CCCCO2)O1. The standard InChI is InChI=1S/C33H58O5/c1-5-7-8-9-10-11-12-13-14-15-16-17-20-30-31(38-33(3,4)37-30)25-24-29(28-23-22-27(6-2)35-28)36-32-21-18-19-26-34-32/h2,27-32H,5,7-26H2,1,3-4H3/t27-,28+,29+,30+,31+,32?/m0/s1. The predicted molar refractivity (Wildman–Crippen MR) is 154 cm³/mol. The minimum Gasteiger partial charge on any atom is -0.360 e. The molecule has 0 radical (unpaired) electrons. The van der Waals surface area contributed by atoms with Crippen LogP contribution in [0.3, 0.4) is 0 Å². The Morgan fingerprint density at radius 2 is 1.45 bits per heavy atom. The molecule has 0 saturated carbocycles. The number of hydrogen-bond acceptors (Lipinski definition) is 5. The Morgan fingerprint density at radius 1 is 0.816 bits per heavy atom. The number of unbranched alkanes of at least 4 members (excludes halogenated alkanes) is 11. The lowest BCUT2D eigenvalue weighted by molar-refractivity contribution is -0.212. The van der Waals surface area contributed by atoms with Crippen LogP contribution in [0.5, 0.6) is 0 Å². The van der Waals surface area contributed by atoms with Crippen LogP contribution in [-0.4, -0.2) is 49.2 Å². The van der Waals surface area contributed by atoms with Gasteiger partial charge in [-0.25, -0.2) is 0 Å². The van der Waals surface area contributed by atoms with E-state index < -0.39 is 5.79 Å². The smallest absolute Gasteiger partial charge is 0.163 e. The minimum absolute atomic E-state index is 0.0175. The topological polar surface area (TPSA) is 46.2 Å². The Kier molecular flexibility index (Phi) is 15.0. The van der Waals surface area contributed by atoms with Crippen molar-refractivity contribution in [2.24, 2.45) is 0 Å². The molecule has 3 aliphatic rings. The second-order valence-corrected chi connectivity index (χ2v) is 12.3. The molecule has 0 aliphatic carbocycles. The van der Waals surface area contributed by atoms with Gasteiger partial charge in [0.2, 0.25) is 0 Å². The second-order valence-electron chi connectivity index (χ2n) is 12.3. The molecule has 0 bridgehead atoms. The number of hydrogen-bond donors (Lipinski definition) is 0. The maximum Gasteiger partial charge on any atom is 0.163 e. The molecule has 6 atom stereocenters. The van der Waals surface area contributed by atoms with Gasteiger partial charge in [0.05, 0.1) is 24.4 Å². The highest BCUT2D eigenvalue weighted by molar-refractivity contribution is 4.99. The van der Waals surface area contributed by atoms with Crippen LogP contribution < -0.4 is 0 Å². The fourth-order valence-corrected chi connectivity index (χ4v) is 6.33. The molecular weight excluding hydrogens is 476 g/mol. The van der Waals surface area contributed by atoms with E-state index in [0.717, 1.165) is 58.0 Å². The molecule has 1 unspecified atom stereocenters. The molecule has 3 saturated heterocycles. The average molecular weight is 535 g/mol. The van der Waals surface area contributed by atoms with Gasteiger partial charge >= 0.3 is 0 Å². The summed E-state index contributed by atoms with van der Waals surface area (Å²) in [5, 5.41) is 0. The van der Waals surface area contributed by atoms with Crippen LogP contribution in [0.15, 0.2) is 0 Å². The molecule has 220 valence electrons. The molecule has 3 aliphatic heterocycles. The molecule has 5 nitrogen and oxygen atoms in total. The highest BCUT2D eigenvalue weighted by atomic mass is 16.8. The Balaban J connectivity index is 1.36. The van der Waals surface area contributed by atoms with E-state index in [0.29, 0.717) is 0 Å². The van der Waals surface area contributed by atoms with E-state index >= 15 is 0 Å². The summed E-state index contributed by atoms with van der Waals surface area (Å²) in [6, 6.07) is 0. The average Bonchev–Trinajstić information content (AvgIpc) is 3.51. The van der Waals surface area contributed by atoms with E-state index in [-0.39, 0.29) is 36.8 Å². The zero-order chi connectivity index (χ0) is 27.1. The van der Waals surface area contributed by atoms with Crippen LogP contribution in [0.4, 0.5) is 0 Å². The lowest BCUT2D eigenvalue weighted by atomic mass is 9.97. The first kappa shape index (κ1) is 31.9. The molecule has 3 rings (SSSR count). The Labute approximate surface area is 234 Å². The predicted octanol–water partition coefficient (Wildman–Crippen LogP) is 8.47. The fraction of sp³-hybridized carbons (Fsp3) is 0.939. The van der Waals surface area contributed by atoms with Crippen molar-refractivity contribution in [2.45, 2.75) is 192 Å². The van der Waals surface area contributed by atoms with Gasteiger partial charge in [0.1, 0.15) is 6.10 Å². The van der Waals surface area contributed by atoms with Gasteiger partial charge in [-0.2, -0.15) is 0 Å². The van der Waals surface area contributed by atoms with Gasteiger partial charge in [0.15, 0.2) is 12.1 Å². The number of ether oxygens (including phenoxy) is 5. The summed E-state index contributed by atoms with van der Waals surface area (Å²) in [6.07, 6.45) is 30.1. The quantitative estimate of drug-likeness (QED) is 0.123. The first-order chi connectivity index (χ1) is 18.5. The van der Waals surface area contributed by atoms with Crippen molar-refractivity contribution >= 4 is 0 Å². The van der Waals surface area contributed by atoms with Crippen LogP contribution in [-0.2, 0) is 23.7 Å². The fourth-order valence-electron chi connectivity index (χ4n) is 6.33. The monoisotopic (exact) mass is 534 g/mol. The first-order valence-electron chi connectivity index (χ1n) is 16.2. The van der Waals surface area contributed by atoms with Crippen molar-refractivity contribution in [2.75, 3.05) is 6.61 Å². The molecule has 0 N–H and O–H groups in total. The summed E-state index contributed by atoms with van der Waals surface area (Å²) < 4.78 is 31.3. The lowest BCUT2D eigenvalue weighted by Gasteiger charge is -2.31. The third kappa shape index (κ3) is 11.8. The molecule has 0 aromatic rings. The molecule has 0 amide bonds. The van der Waals surface area contributed by atoms with Gasteiger partial charge in [-0.1, -0.05) is 89.9 Å². The Bertz CT molecular complexity index is 652. The highest BCUT2D eigenvalue weighted by Gasteiger charge is 2.42. The Morgan fingerprint density at radius 3 is 2.03 bits per heavy atom. The zero-order valence-electron chi connectivity index (χ0n) is 24.9. The second kappa shape index (κ2) is 17.9. The third-order valence-electron chi connectivity index (χ3n) is 8.48. The van der Waals surface area contributed by atoms with Gasteiger partial charge in [0, 0.05) is 6.61 Å². The normalized spacial score (nSPS) is 29.9. The molecule has 3 fully saturated rings. The highest BCUT2D eigenvalue weighted by Crippen LogP contribution is 2.35. The van der Waals surface area contributed by atoms with Gasteiger partial charge < -0.3 is 23.7 Å². The molecule has 38 heavy (non-hydrogen) atoms. The zero-order valence-corrected chi connectivity index (χ0v) is 24.9. The molecular formula is C33H58O5. The Hall–Kier alpha value is -0.640. The van der Waals surface area contributed by atoms with Crippen molar-refractivity contribution in [1.29, 1.82) is 0 Å². The summed E-state index contributed by atoms with van der Waals surface area (Å²) in [4.78, 5) is 0. The summed E-state index contributed by atoms with van der Waals surface area (Å²) in [5.41, 5.74) is 0. The summed E-state index contributed by atoms with van der Waals surface area (Å²) in [5.74, 6) is 2.25. The molecule has 3 heterocycles. The summed E-state index contributed by atoms with van der Waals surface area (Å²) >= 11 is 0. The van der Waals surface area contributed by atoms with E-state index in [4.69, 9.17) is 30.1 Å². The van der Waals surface area contributed by atoms with Gasteiger partial charge in [-0.3, -0.25) is 0 Å². The van der Waals surface area contributed by atoms with Gasteiger partial charge in [0.25, 0.3) is 0 Å². The van der Waals surface area contributed by atoms with Gasteiger partial charge in [-0.05, 0) is 65.2 Å². The molecule has 5 heteroatoms. The van der Waals surface area contributed by atoms with Crippen LogP contribution in [0.25, 0.3) is 0 Å². The summed E-state index contributed by atoms with van der Waals surface area (Å²) in [6.45, 7) is 7.16. The number of terminal acetylenes is 1. The van der Waals surface area contributed by atoms with E-state index in [1.165, 1.54) is 77.0 Å². The molecule has 0 spiro atoms. The largest absolute Gasteiger partial charge is 0.360 e. The van der Waals surface area contributed by atoms with E-state index in [1.54, 1.807) is 0 Å². The van der Waals surface area contributed by atoms with Crippen molar-refractivity contribution in [3.8, 4) is 12.3 Å². The number of rotatable bonds is 19. The van der Waals surface area contributed by atoms with Crippen molar-refractivity contribution in [1.82, 2.24) is 0 Å².